The second-order valence-electron chi connectivity index (χ2n) is 7.86. The lowest BCUT2D eigenvalue weighted by atomic mass is 10.0. The molecule has 0 radical (unpaired) electrons. The van der Waals surface area contributed by atoms with E-state index in [0.29, 0.717) is 30.4 Å². The summed E-state index contributed by atoms with van der Waals surface area (Å²) in [6.45, 7) is 0. The second-order valence-corrected chi connectivity index (χ2v) is 9.57. The molecule has 0 unspecified atom stereocenters. The Labute approximate surface area is 188 Å². The molecule has 4 rings (SSSR count). The highest BCUT2D eigenvalue weighted by molar-refractivity contribution is 7.89. The van der Waals surface area contributed by atoms with Crippen LogP contribution in [0.15, 0.2) is 64.4 Å². The van der Waals surface area contributed by atoms with Crippen molar-refractivity contribution in [2.45, 2.75) is 36.2 Å². The first-order valence-corrected chi connectivity index (χ1v) is 11.6. The molecule has 172 valence electrons. The Morgan fingerprint density at radius 1 is 1.15 bits per heavy atom. The summed E-state index contributed by atoms with van der Waals surface area (Å²) in [6, 6.07) is 11.6. The number of nitrogens with two attached hydrogens (primary N) is 1. The van der Waals surface area contributed by atoms with E-state index in [4.69, 9.17) is 10.8 Å². The van der Waals surface area contributed by atoms with E-state index < -0.39 is 45.4 Å². The highest BCUT2D eigenvalue weighted by Gasteiger charge is 2.31. The lowest BCUT2D eigenvalue weighted by molar-refractivity contribution is 0.0697. The van der Waals surface area contributed by atoms with Gasteiger partial charge in [-0.3, -0.25) is 4.57 Å². The molecule has 1 aliphatic carbocycles. The fourth-order valence-corrected chi connectivity index (χ4v) is 5.30. The zero-order valence-electron chi connectivity index (χ0n) is 17.3. The summed E-state index contributed by atoms with van der Waals surface area (Å²) in [4.78, 5) is 26.6. The normalized spacial score (nSPS) is 18.3. The van der Waals surface area contributed by atoms with Gasteiger partial charge in [0.2, 0.25) is 10.0 Å². The van der Waals surface area contributed by atoms with Crippen molar-refractivity contribution in [2.75, 3.05) is 5.73 Å². The standard InChI is InChI=1S/C22H21FN4O5S/c23-19-12-27(22(30)25-20(19)24)17-9-8-16(11-17)26-33(31,32)18-3-1-2-15(10-18)13-4-6-14(7-5-13)21(28)29/h1-7,10,12,16-17,26H,8-9,11H2,(H,28,29)(H2,24,25,30)/t16-,17-/m0/s1. The number of aromatic carboxylic acids is 1. The van der Waals surface area contributed by atoms with E-state index in [1.54, 1.807) is 24.3 Å². The lowest BCUT2D eigenvalue weighted by Crippen LogP contribution is -2.34. The number of nitrogen functional groups attached to an aromatic ring is 1. The predicted octanol–water partition coefficient (Wildman–Crippen LogP) is 2.40. The van der Waals surface area contributed by atoms with Gasteiger partial charge in [0.15, 0.2) is 11.6 Å². The number of aromatic nitrogens is 2. The third kappa shape index (κ3) is 4.78. The monoisotopic (exact) mass is 472 g/mol. The minimum absolute atomic E-state index is 0.0584. The summed E-state index contributed by atoms with van der Waals surface area (Å²) in [5, 5.41) is 9.03. The highest BCUT2D eigenvalue weighted by Crippen LogP contribution is 2.31. The molecule has 2 atom stereocenters. The third-order valence-corrected chi connectivity index (χ3v) is 7.18. The van der Waals surface area contributed by atoms with Crippen molar-refractivity contribution in [2.24, 2.45) is 0 Å². The van der Waals surface area contributed by atoms with Crippen LogP contribution in [-0.2, 0) is 10.0 Å². The van der Waals surface area contributed by atoms with Crippen molar-refractivity contribution in [3.8, 4) is 11.1 Å². The summed E-state index contributed by atoms with van der Waals surface area (Å²) in [6.07, 6.45) is 2.26. The first-order valence-electron chi connectivity index (χ1n) is 10.1. The first kappa shape index (κ1) is 22.6. The molecule has 1 heterocycles. The third-order valence-electron chi connectivity index (χ3n) is 5.66. The van der Waals surface area contributed by atoms with Crippen LogP contribution in [-0.4, -0.2) is 35.1 Å². The maximum Gasteiger partial charge on any atom is 0.349 e. The van der Waals surface area contributed by atoms with Crippen LogP contribution in [0.3, 0.4) is 0 Å². The summed E-state index contributed by atoms with van der Waals surface area (Å²) in [5.74, 6) is -2.31. The van der Waals surface area contributed by atoms with Crippen LogP contribution >= 0.6 is 0 Å². The van der Waals surface area contributed by atoms with Crippen molar-refractivity contribution < 1.29 is 22.7 Å². The second kappa shape index (κ2) is 8.75. The highest BCUT2D eigenvalue weighted by atomic mass is 32.2. The van der Waals surface area contributed by atoms with Gasteiger partial charge < -0.3 is 10.8 Å². The van der Waals surface area contributed by atoms with Crippen LogP contribution in [0.5, 0.6) is 0 Å². The van der Waals surface area contributed by atoms with Gasteiger partial charge in [0, 0.05) is 18.3 Å². The summed E-state index contributed by atoms with van der Waals surface area (Å²) in [5.41, 5.74) is 6.07. The molecule has 1 aliphatic rings. The number of anilines is 1. The number of nitrogens with one attached hydrogen (secondary N) is 1. The van der Waals surface area contributed by atoms with E-state index in [9.17, 15) is 22.4 Å². The van der Waals surface area contributed by atoms with Crippen molar-refractivity contribution in [3.63, 3.8) is 0 Å². The molecule has 0 spiro atoms. The SMILES string of the molecule is Nc1nc(=O)n([C@H]2CC[C@H](NS(=O)(=O)c3cccc(-c4ccc(C(=O)O)cc4)c3)C2)cc1F. The molecule has 0 aliphatic heterocycles. The molecule has 9 nitrogen and oxygen atoms in total. The topological polar surface area (TPSA) is 144 Å². The van der Waals surface area contributed by atoms with Gasteiger partial charge in [0.25, 0.3) is 0 Å². The molecule has 0 saturated heterocycles. The lowest BCUT2D eigenvalue weighted by Gasteiger charge is -2.16. The molecule has 0 bridgehead atoms. The zero-order chi connectivity index (χ0) is 23.8. The van der Waals surface area contributed by atoms with Gasteiger partial charge in [-0.05, 0) is 54.7 Å². The minimum Gasteiger partial charge on any atom is -0.478 e. The van der Waals surface area contributed by atoms with Crippen LogP contribution < -0.4 is 16.1 Å². The summed E-state index contributed by atoms with van der Waals surface area (Å²) >= 11 is 0. The van der Waals surface area contributed by atoms with E-state index in [1.807, 2.05) is 0 Å². The van der Waals surface area contributed by atoms with Crippen LogP contribution in [0.25, 0.3) is 11.1 Å². The molecule has 1 saturated carbocycles. The Kier molecular flexibility index (Phi) is 6.00. The zero-order valence-corrected chi connectivity index (χ0v) is 18.1. The van der Waals surface area contributed by atoms with Crippen LogP contribution in [0, 0.1) is 5.82 Å². The fraction of sp³-hybridized carbons (Fsp3) is 0.227. The van der Waals surface area contributed by atoms with E-state index in [0.717, 1.165) is 10.8 Å². The number of hydrogen-bond donors (Lipinski definition) is 3. The molecule has 4 N–H and O–H groups in total. The molecule has 3 aromatic rings. The summed E-state index contributed by atoms with van der Waals surface area (Å²) < 4.78 is 43.5. The van der Waals surface area contributed by atoms with E-state index >= 15 is 0 Å². The molecule has 1 fully saturated rings. The Morgan fingerprint density at radius 3 is 2.58 bits per heavy atom. The minimum atomic E-state index is -3.87. The largest absolute Gasteiger partial charge is 0.478 e. The van der Waals surface area contributed by atoms with Crippen LogP contribution in [0.4, 0.5) is 10.2 Å². The molecular formula is C22H21FN4O5S. The number of carboxylic acid groups (broad SMARTS) is 1. The molecule has 11 heteroatoms. The fourth-order valence-electron chi connectivity index (χ4n) is 3.97. The van der Waals surface area contributed by atoms with E-state index in [2.05, 4.69) is 9.71 Å². The van der Waals surface area contributed by atoms with Gasteiger partial charge >= 0.3 is 11.7 Å². The van der Waals surface area contributed by atoms with Gasteiger partial charge in [-0.15, -0.1) is 0 Å². The Bertz CT molecular complexity index is 1370. The number of rotatable bonds is 6. The van der Waals surface area contributed by atoms with Crippen molar-refractivity contribution in [3.05, 3.63) is 76.6 Å². The average Bonchev–Trinajstić information content (AvgIpc) is 3.24. The molecule has 1 aromatic heterocycles. The number of halogens is 1. The van der Waals surface area contributed by atoms with Crippen molar-refractivity contribution in [1.82, 2.24) is 14.3 Å². The van der Waals surface area contributed by atoms with Gasteiger partial charge in [0.05, 0.1) is 10.5 Å². The van der Waals surface area contributed by atoms with Gasteiger partial charge in [0.1, 0.15) is 0 Å². The van der Waals surface area contributed by atoms with Crippen LogP contribution in [0.2, 0.25) is 0 Å². The maximum atomic E-state index is 13.8. The number of benzene rings is 2. The van der Waals surface area contributed by atoms with E-state index in [1.165, 1.54) is 24.3 Å². The van der Waals surface area contributed by atoms with Gasteiger partial charge in [-0.2, -0.15) is 4.98 Å². The van der Waals surface area contributed by atoms with E-state index in [-0.39, 0.29) is 10.5 Å². The Balaban J connectivity index is 1.50. The molecule has 2 aromatic carbocycles. The molecule has 0 amide bonds. The quantitative estimate of drug-likeness (QED) is 0.500. The van der Waals surface area contributed by atoms with Gasteiger partial charge in [-0.25, -0.2) is 27.1 Å². The maximum absolute atomic E-state index is 13.8. The number of nitrogens with zero attached hydrogens (tertiary/aromatic N) is 2. The smallest absolute Gasteiger partial charge is 0.349 e. The van der Waals surface area contributed by atoms with Crippen molar-refractivity contribution in [1.29, 1.82) is 0 Å². The number of sulfonamides is 1. The number of carboxylic acids is 1. The average molecular weight is 472 g/mol. The first-order chi connectivity index (χ1) is 15.6. The Hall–Kier alpha value is -3.57. The van der Waals surface area contributed by atoms with Crippen molar-refractivity contribution >= 4 is 21.8 Å². The number of hydrogen-bond acceptors (Lipinski definition) is 6. The predicted molar refractivity (Wildman–Crippen MR) is 119 cm³/mol. The summed E-state index contributed by atoms with van der Waals surface area (Å²) in [7, 11) is -3.87. The Morgan fingerprint density at radius 2 is 1.88 bits per heavy atom. The molecule has 33 heavy (non-hydrogen) atoms. The number of carbonyl (C=O) groups is 1. The van der Waals surface area contributed by atoms with Crippen LogP contribution in [0.1, 0.15) is 35.7 Å². The molecular weight excluding hydrogens is 451 g/mol. The van der Waals surface area contributed by atoms with Gasteiger partial charge in [-0.1, -0.05) is 24.3 Å².